The Morgan fingerprint density at radius 1 is 0.487 bits per heavy atom. The average Bonchev–Trinajstić information content (AvgIpc) is 4.30. The van der Waals surface area contributed by atoms with Crippen molar-refractivity contribution in [2.24, 2.45) is 5.92 Å². The molecule has 0 saturated heterocycles. The number of unbranched alkanes of at least 4 members (excludes halogenated alkanes) is 2. The van der Waals surface area contributed by atoms with Gasteiger partial charge < -0.3 is 5.84 Å². The molecule has 0 aliphatic heterocycles. The fourth-order valence-corrected chi connectivity index (χ4v) is 9.23. The van der Waals surface area contributed by atoms with Crippen LogP contribution in [-0.4, -0.2) is 58.3 Å². The number of pyridine rings is 4. The Labute approximate surface area is 445 Å². The molecule has 12 nitrogen and oxygen atoms in total. The number of hydrogen-bond donors (Lipinski definition) is 1. The molecule has 0 spiro atoms. The van der Waals surface area contributed by atoms with Crippen LogP contribution >= 0.6 is 0 Å². The van der Waals surface area contributed by atoms with Crippen molar-refractivity contribution in [3.05, 3.63) is 238 Å². The van der Waals surface area contributed by atoms with E-state index in [9.17, 15) is 0 Å². The second-order valence-corrected chi connectivity index (χ2v) is 18.5. The molecule has 12 rings (SSSR count). The predicted octanol–water partition coefficient (Wildman–Crippen LogP) is 13.8. The van der Waals surface area contributed by atoms with Crippen LogP contribution in [-0.2, 0) is 0 Å². The Bertz CT molecular complexity index is 3710. The van der Waals surface area contributed by atoms with Crippen molar-refractivity contribution in [2.75, 3.05) is 40.5 Å². The molecule has 12 heteroatoms. The molecule has 0 radical (unpaired) electrons. The molecule has 0 bridgehead atoms. The zero-order valence-electron chi connectivity index (χ0n) is 43.4. The first-order valence-electron chi connectivity index (χ1n) is 25.8. The van der Waals surface area contributed by atoms with Crippen molar-refractivity contribution in [1.82, 2.24) is 38.6 Å². The van der Waals surface area contributed by atoms with Gasteiger partial charge in [-0.15, -0.1) is 6.42 Å². The minimum absolute atomic E-state index is 0.503. The van der Waals surface area contributed by atoms with E-state index in [2.05, 4.69) is 192 Å². The van der Waals surface area contributed by atoms with Gasteiger partial charge in [0, 0.05) is 108 Å². The van der Waals surface area contributed by atoms with Gasteiger partial charge in [-0.3, -0.25) is 53.7 Å². The summed E-state index contributed by atoms with van der Waals surface area (Å²) in [6.07, 6.45) is 30.1. The van der Waals surface area contributed by atoms with Crippen LogP contribution in [0.3, 0.4) is 0 Å². The second kappa shape index (κ2) is 25.4. The van der Waals surface area contributed by atoms with E-state index in [4.69, 9.17) is 12.3 Å². The summed E-state index contributed by atoms with van der Waals surface area (Å²) in [7, 11) is 0. The van der Waals surface area contributed by atoms with Gasteiger partial charge in [0.05, 0.1) is 44.8 Å². The minimum atomic E-state index is 0.503. The summed E-state index contributed by atoms with van der Waals surface area (Å²) in [5, 5.41) is 11.5. The molecule has 2 N–H and O–H groups in total. The first-order valence-corrected chi connectivity index (χ1v) is 25.8. The van der Waals surface area contributed by atoms with Gasteiger partial charge in [-0.2, -0.15) is 0 Å². The van der Waals surface area contributed by atoms with Crippen LogP contribution in [0.1, 0.15) is 40.0 Å². The number of nitrogens with two attached hydrogens (primary N) is 1. The van der Waals surface area contributed by atoms with Crippen molar-refractivity contribution >= 4 is 60.7 Å². The van der Waals surface area contributed by atoms with Gasteiger partial charge in [0.15, 0.2) is 0 Å². The van der Waals surface area contributed by atoms with Crippen LogP contribution in [0.15, 0.2) is 238 Å². The molecule has 0 saturated carbocycles. The minimum Gasteiger partial charge on any atom is -0.339 e. The van der Waals surface area contributed by atoms with Crippen LogP contribution in [0.4, 0.5) is 17.1 Å². The first-order chi connectivity index (χ1) is 37.4. The first kappa shape index (κ1) is 51.3. The van der Waals surface area contributed by atoms with Gasteiger partial charge in [0.1, 0.15) is 6.54 Å². The molecule has 76 heavy (non-hydrogen) atoms. The zero-order chi connectivity index (χ0) is 52.5. The number of rotatable bonds is 14. The Morgan fingerprint density at radius 2 is 0.961 bits per heavy atom. The topological polar surface area (TPSA) is 107 Å². The smallest absolute Gasteiger partial charge is 0.100 e. The molecule has 8 heterocycles. The van der Waals surface area contributed by atoms with E-state index in [1.165, 1.54) is 52.1 Å². The van der Waals surface area contributed by atoms with Gasteiger partial charge in [-0.25, -0.2) is 0 Å². The van der Waals surface area contributed by atoms with Gasteiger partial charge in [0.2, 0.25) is 0 Å². The van der Waals surface area contributed by atoms with Crippen molar-refractivity contribution in [3.8, 4) is 23.6 Å². The maximum absolute atomic E-state index is 5.82. The molecule has 0 amide bonds. The highest BCUT2D eigenvalue weighted by Crippen LogP contribution is 2.28. The summed E-state index contributed by atoms with van der Waals surface area (Å²) >= 11 is 0. The van der Waals surface area contributed by atoms with E-state index in [1.807, 2.05) is 103 Å². The number of para-hydroxylation sites is 3. The van der Waals surface area contributed by atoms with Gasteiger partial charge in [0.25, 0.3) is 0 Å². The van der Waals surface area contributed by atoms with Gasteiger partial charge in [-0.05, 0) is 109 Å². The Kier molecular flexibility index (Phi) is 17.1. The Hall–Kier alpha value is -9.60. The number of fused-ring (bicyclic) bond motifs is 4. The molecular formula is C64H64N12. The third-order valence-corrected chi connectivity index (χ3v) is 12.9. The predicted molar refractivity (Wildman–Crippen MR) is 315 cm³/mol. The van der Waals surface area contributed by atoms with Crippen LogP contribution in [0.25, 0.3) is 54.9 Å². The number of nitrogen functional groups attached to an aromatic ring is 1. The van der Waals surface area contributed by atoms with Crippen LogP contribution < -0.4 is 20.9 Å². The lowest BCUT2D eigenvalue weighted by molar-refractivity contribution is 0.577. The molecule has 0 unspecified atom stereocenters. The third-order valence-electron chi connectivity index (χ3n) is 12.9. The SMILES string of the molecule is C#CCN(c1ccncc1)n1ccc2ccccc21.CC(C)CN(c1ccncc1)n1ccc2ccccc21.CCCCCN(c1ccncc1)n1ccc2ccccc21.Nn1ccc2c(-c3ccccn3)cccc21. The van der Waals surface area contributed by atoms with E-state index in [-0.39, 0.29) is 0 Å². The maximum atomic E-state index is 5.82. The number of terminal acetylenes is 1. The van der Waals surface area contributed by atoms with Crippen molar-refractivity contribution in [3.63, 3.8) is 0 Å². The number of nitrogens with zero attached hydrogens (tertiary/aromatic N) is 11. The standard InChI is InChI=1S/C18H21N3.C17H19N3.C16H13N3.C13H11N3/c1-2-3-6-14-20(17-9-12-19-13-10-17)21-15-11-16-7-4-5-8-18(16)21;1-14(2)13-20(16-7-10-18-11-8-16)19-12-9-15-5-3-4-6-17(15)19;1-2-12-18(15-7-10-17-11-8-15)19-13-9-14-5-3-4-6-16(14)19;14-16-9-7-11-10(4-3-6-13(11)16)12-5-1-2-8-15-12/h4-5,7-13,15H,2-3,6,14H2,1H3;3-12,14H,13H2,1-2H3;1,3-11,13H,12H2;1-9H,14H2. The van der Waals surface area contributed by atoms with E-state index >= 15 is 0 Å². The average molecular weight is 1000 g/mol. The highest BCUT2D eigenvalue weighted by atomic mass is 15.6. The van der Waals surface area contributed by atoms with Crippen LogP contribution in [0.5, 0.6) is 0 Å². The normalized spacial score (nSPS) is 10.8. The maximum Gasteiger partial charge on any atom is 0.100 e. The molecule has 380 valence electrons. The number of hydrogen-bond acceptors (Lipinski definition) is 8. The molecule has 0 atom stereocenters. The lowest BCUT2D eigenvalue weighted by atomic mass is 10.1. The molecule has 0 aliphatic carbocycles. The molecule has 8 aromatic heterocycles. The monoisotopic (exact) mass is 1000 g/mol. The number of anilines is 3. The summed E-state index contributed by atoms with van der Waals surface area (Å²) in [5.74, 6) is 9.10. The van der Waals surface area contributed by atoms with E-state index in [0.29, 0.717) is 12.5 Å². The van der Waals surface area contributed by atoms with Crippen LogP contribution in [0, 0.1) is 18.3 Å². The quantitative estimate of drug-likeness (QED) is 0.0652. The lowest BCUT2D eigenvalue weighted by Crippen LogP contribution is -2.32. The Morgan fingerprint density at radius 3 is 1.46 bits per heavy atom. The molecule has 12 aromatic rings. The summed E-state index contributed by atoms with van der Waals surface area (Å²) < 4.78 is 8.18. The van der Waals surface area contributed by atoms with Gasteiger partial charge >= 0.3 is 0 Å². The Balaban J connectivity index is 0.000000124. The summed E-state index contributed by atoms with van der Waals surface area (Å²) in [4.78, 5) is 16.6. The fourth-order valence-electron chi connectivity index (χ4n) is 9.23. The zero-order valence-corrected chi connectivity index (χ0v) is 43.4. The van der Waals surface area contributed by atoms with Crippen molar-refractivity contribution in [1.29, 1.82) is 0 Å². The van der Waals surface area contributed by atoms with E-state index < -0.39 is 0 Å². The van der Waals surface area contributed by atoms with Crippen molar-refractivity contribution < 1.29 is 0 Å². The van der Waals surface area contributed by atoms with Crippen molar-refractivity contribution in [2.45, 2.75) is 40.0 Å². The summed E-state index contributed by atoms with van der Waals surface area (Å²) in [5.41, 5.74) is 10.1. The molecule has 0 aliphatic rings. The highest BCUT2D eigenvalue weighted by molar-refractivity contribution is 5.94. The lowest BCUT2D eigenvalue weighted by Gasteiger charge is -2.28. The molecule has 4 aromatic carbocycles. The number of benzene rings is 4. The highest BCUT2D eigenvalue weighted by Gasteiger charge is 2.15. The van der Waals surface area contributed by atoms with E-state index in [0.717, 1.165) is 52.1 Å². The van der Waals surface area contributed by atoms with Gasteiger partial charge in [-0.1, -0.05) is 112 Å². The molecule has 0 fully saturated rings. The molecular weight excluding hydrogens is 937 g/mol. The summed E-state index contributed by atoms with van der Waals surface area (Å²) in [6.45, 7) is 9.18. The second-order valence-electron chi connectivity index (χ2n) is 18.5. The number of aromatic nitrogens is 8. The summed E-state index contributed by atoms with van der Waals surface area (Å²) in [6, 6.07) is 57.7. The third kappa shape index (κ3) is 12.2. The van der Waals surface area contributed by atoms with E-state index in [1.54, 1.807) is 23.3 Å². The largest absolute Gasteiger partial charge is 0.339 e. The van der Waals surface area contributed by atoms with Crippen LogP contribution in [0.2, 0.25) is 0 Å². The fraction of sp³-hybridized carbons (Fsp3) is 0.156.